The van der Waals surface area contributed by atoms with Gasteiger partial charge in [-0.2, -0.15) is 5.10 Å². The molecule has 0 aliphatic carbocycles. The van der Waals surface area contributed by atoms with Gasteiger partial charge in [-0.05, 0) is 43.0 Å². The Balaban J connectivity index is 2.22. The first-order valence-corrected chi connectivity index (χ1v) is 7.58. The summed E-state index contributed by atoms with van der Waals surface area (Å²) in [7, 11) is 0. The molecule has 0 spiro atoms. The van der Waals surface area contributed by atoms with Crippen LogP contribution in [0.2, 0.25) is 0 Å². The van der Waals surface area contributed by atoms with E-state index >= 15 is 0 Å². The number of benzene rings is 1. The molecule has 2 N–H and O–H groups in total. The lowest BCUT2D eigenvalue weighted by Gasteiger charge is -2.11. The maximum absolute atomic E-state index is 12.5. The zero-order valence-corrected chi connectivity index (χ0v) is 13.6. The van der Waals surface area contributed by atoms with Crippen molar-refractivity contribution < 1.29 is 9.90 Å². The summed E-state index contributed by atoms with van der Waals surface area (Å²) < 4.78 is 1.90. The Kier molecular flexibility index (Phi) is 4.85. The van der Waals surface area contributed by atoms with E-state index in [2.05, 4.69) is 24.3 Å². The number of hydrogen-bond acceptors (Lipinski definition) is 3. The zero-order chi connectivity index (χ0) is 16.3. The molecule has 0 aliphatic rings. The second-order valence-electron chi connectivity index (χ2n) is 5.89. The summed E-state index contributed by atoms with van der Waals surface area (Å²) >= 11 is 0. The molecule has 0 aliphatic heterocycles. The van der Waals surface area contributed by atoms with Gasteiger partial charge in [0.05, 0.1) is 17.5 Å². The molecule has 2 rings (SSSR count). The number of anilines is 1. The number of phenols is 1. The minimum Gasteiger partial charge on any atom is -0.508 e. The molecule has 0 saturated carbocycles. The lowest BCUT2D eigenvalue weighted by Crippen LogP contribution is -2.15. The lowest BCUT2D eigenvalue weighted by molar-refractivity contribution is 0.102. The third-order valence-corrected chi connectivity index (χ3v) is 3.52. The number of aromatic hydroxyl groups is 1. The first-order valence-electron chi connectivity index (χ1n) is 7.58. The van der Waals surface area contributed by atoms with Crippen LogP contribution in [0.5, 0.6) is 5.75 Å². The number of carbonyl (C=O) groups is 1. The van der Waals surface area contributed by atoms with Crippen molar-refractivity contribution in [2.24, 2.45) is 5.92 Å². The van der Waals surface area contributed by atoms with E-state index in [-0.39, 0.29) is 11.7 Å². The highest BCUT2D eigenvalue weighted by atomic mass is 16.3. The number of nitrogens with one attached hydrogen (secondary N) is 1. The van der Waals surface area contributed by atoms with Crippen LogP contribution in [0.3, 0.4) is 0 Å². The van der Waals surface area contributed by atoms with Gasteiger partial charge in [-0.1, -0.05) is 20.8 Å². The van der Waals surface area contributed by atoms with Gasteiger partial charge in [0.1, 0.15) is 5.75 Å². The summed E-state index contributed by atoms with van der Waals surface area (Å²) in [6, 6.07) is 5.01. The highest BCUT2D eigenvalue weighted by Gasteiger charge is 2.17. The third-order valence-electron chi connectivity index (χ3n) is 3.52. The molecule has 5 nitrogen and oxygen atoms in total. The highest BCUT2D eigenvalue weighted by Crippen LogP contribution is 2.21. The van der Waals surface area contributed by atoms with Crippen molar-refractivity contribution >= 4 is 11.6 Å². The Morgan fingerprint density at radius 1 is 1.41 bits per heavy atom. The number of phenolic OH excluding ortho intramolecular Hbond substituents is 1. The molecule has 0 bridgehead atoms. The summed E-state index contributed by atoms with van der Waals surface area (Å²) in [5.41, 5.74) is 2.94. The van der Waals surface area contributed by atoms with Crippen LogP contribution >= 0.6 is 0 Å². The van der Waals surface area contributed by atoms with Gasteiger partial charge in [0, 0.05) is 12.2 Å². The minimum absolute atomic E-state index is 0.169. The Morgan fingerprint density at radius 2 is 2.14 bits per heavy atom. The Bertz CT molecular complexity index is 675. The summed E-state index contributed by atoms with van der Waals surface area (Å²) in [4.78, 5) is 12.5. The smallest absolute Gasteiger partial charge is 0.259 e. The van der Waals surface area contributed by atoms with Crippen LogP contribution in [0.1, 0.15) is 42.4 Å². The van der Waals surface area contributed by atoms with Gasteiger partial charge >= 0.3 is 0 Å². The van der Waals surface area contributed by atoms with Crippen molar-refractivity contribution in [1.29, 1.82) is 0 Å². The monoisotopic (exact) mass is 301 g/mol. The van der Waals surface area contributed by atoms with Crippen molar-refractivity contribution in [2.75, 3.05) is 5.32 Å². The van der Waals surface area contributed by atoms with Crippen LogP contribution in [0, 0.1) is 12.8 Å². The van der Waals surface area contributed by atoms with E-state index < -0.39 is 0 Å². The maximum Gasteiger partial charge on any atom is 0.259 e. The van der Waals surface area contributed by atoms with E-state index in [1.54, 1.807) is 31.3 Å². The highest BCUT2D eigenvalue weighted by molar-refractivity contribution is 6.05. The number of aromatic nitrogens is 2. The number of aryl methyl sites for hydroxylation is 1. The lowest BCUT2D eigenvalue weighted by atomic mass is 10.1. The molecule has 1 aromatic carbocycles. The molecular formula is C17H23N3O2. The topological polar surface area (TPSA) is 67.2 Å². The van der Waals surface area contributed by atoms with Gasteiger partial charge in [0.25, 0.3) is 5.91 Å². The van der Waals surface area contributed by atoms with Gasteiger partial charge in [-0.15, -0.1) is 0 Å². The molecule has 0 atom stereocenters. The average molecular weight is 301 g/mol. The van der Waals surface area contributed by atoms with E-state index in [0.717, 1.165) is 24.2 Å². The van der Waals surface area contributed by atoms with E-state index in [1.807, 2.05) is 11.6 Å². The fourth-order valence-electron chi connectivity index (χ4n) is 2.41. The van der Waals surface area contributed by atoms with Crippen molar-refractivity contribution in [3.05, 3.63) is 41.2 Å². The molecule has 0 fully saturated rings. The quantitative estimate of drug-likeness (QED) is 0.832. The maximum atomic E-state index is 12.5. The Morgan fingerprint density at radius 3 is 2.73 bits per heavy atom. The number of nitrogens with zero attached hydrogens (tertiary/aromatic N) is 2. The predicted molar refractivity (Wildman–Crippen MR) is 87.2 cm³/mol. The second-order valence-corrected chi connectivity index (χ2v) is 5.89. The first-order chi connectivity index (χ1) is 10.4. The largest absolute Gasteiger partial charge is 0.508 e. The van der Waals surface area contributed by atoms with E-state index in [9.17, 15) is 9.90 Å². The van der Waals surface area contributed by atoms with Gasteiger partial charge in [0.15, 0.2) is 0 Å². The molecule has 1 amide bonds. The van der Waals surface area contributed by atoms with Crippen molar-refractivity contribution in [1.82, 2.24) is 9.78 Å². The second kappa shape index (κ2) is 6.64. The summed E-state index contributed by atoms with van der Waals surface area (Å²) in [6.07, 6.45) is 2.38. The van der Waals surface area contributed by atoms with Crippen LogP contribution in [0.25, 0.3) is 0 Å². The molecular weight excluding hydrogens is 278 g/mol. The molecule has 0 radical (unpaired) electrons. The van der Waals surface area contributed by atoms with Gasteiger partial charge in [-0.25, -0.2) is 0 Å². The van der Waals surface area contributed by atoms with Crippen LogP contribution in [0.4, 0.5) is 5.69 Å². The van der Waals surface area contributed by atoms with E-state index in [1.165, 1.54) is 0 Å². The fraction of sp³-hybridized carbons (Fsp3) is 0.412. The predicted octanol–water partition coefficient (Wildman–Crippen LogP) is 3.37. The number of rotatable bonds is 5. The minimum atomic E-state index is -0.169. The molecule has 118 valence electrons. The van der Waals surface area contributed by atoms with Crippen molar-refractivity contribution in [3.8, 4) is 5.75 Å². The molecule has 1 aromatic heterocycles. The third kappa shape index (κ3) is 3.47. The van der Waals surface area contributed by atoms with Gasteiger partial charge < -0.3 is 10.4 Å². The zero-order valence-electron chi connectivity index (χ0n) is 13.6. The number of carbonyl (C=O) groups excluding carboxylic acids is 1. The summed E-state index contributed by atoms with van der Waals surface area (Å²) in [6.45, 7) is 8.87. The molecule has 1 heterocycles. The number of amides is 1. The normalized spacial score (nSPS) is 11.0. The molecule has 2 aromatic rings. The summed E-state index contributed by atoms with van der Waals surface area (Å²) in [5, 5.41) is 16.7. The molecule has 22 heavy (non-hydrogen) atoms. The van der Waals surface area contributed by atoms with Crippen LogP contribution in [-0.4, -0.2) is 20.8 Å². The van der Waals surface area contributed by atoms with Crippen LogP contribution < -0.4 is 5.32 Å². The Hall–Kier alpha value is -2.30. The SMILES string of the molecule is CCc1c(C(=O)Nc2ccc(O)c(C)c2)cnn1CC(C)C. The van der Waals surface area contributed by atoms with E-state index in [4.69, 9.17) is 0 Å². The molecule has 0 unspecified atom stereocenters. The van der Waals surface area contributed by atoms with Crippen molar-refractivity contribution in [3.63, 3.8) is 0 Å². The fourth-order valence-corrected chi connectivity index (χ4v) is 2.41. The molecule has 0 saturated heterocycles. The Labute approximate surface area is 131 Å². The van der Waals surface area contributed by atoms with Crippen LogP contribution in [0.15, 0.2) is 24.4 Å². The standard InChI is InChI=1S/C17H23N3O2/c1-5-15-14(9-18-20(15)10-11(2)3)17(22)19-13-6-7-16(21)12(4)8-13/h6-9,11,21H,5,10H2,1-4H3,(H,19,22). The van der Waals surface area contributed by atoms with E-state index in [0.29, 0.717) is 17.2 Å². The average Bonchev–Trinajstić information content (AvgIpc) is 2.85. The number of hydrogen-bond donors (Lipinski definition) is 2. The van der Waals surface area contributed by atoms with Crippen molar-refractivity contribution in [2.45, 2.75) is 40.7 Å². The first kappa shape index (κ1) is 16.1. The van der Waals surface area contributed by atoms with Crippen LogP contribution in [-0.2, 0) is 13.0 Å². The molecule has 5 heteroatoms. The van der Waals surface area contributed by atoms with Gasteiger partial charge in [-0.3, -0.25) is 9.48 Å². The van der Waals surface area contributed by atoms with Gasteiger partial charge in [0.2, 0.25) is 0 Å². The summed E-state index contributed by atoms with van der Waals surface area (Å²) in [5.74, 6) is 0.523.